The van der Waals surface area contributed by atoms with E-state index < -0.39 is 35.5 Å². The molecule has 5 aromatic carbocycles. The van der Waals surface area contributed by atoms with Gasteiger partial charge in [-0.3, -0.25) is 14.4 Å². The zero-order valence-corrected chi connectivity index (χ0v) is 24.7. The molecule has 0 bridgehead atoms. The molecule has 238 valence electrons. The van der Waals surface area contributed by atoms with Gasteiger partial charge in [-0.05, 0) is 90.0 Å². The molecule has 0 aliphatic carbocycles. The summed E-state index contributed by atoms with van der Waals surface area (Å²) in [5.74, 6) is -0.801. The number of ether oxygens (including phenoxy) is 2. The number of benzene rings is 5. The number of hydrogen-bond donors (Lipinski definition) is 3. The lowest BCUT2D eigenvalue weighted by Crippen LogP contribution is -2.37. The number of carbonyl (C=O) groups excluding carboxylic acids is 3. The van der Waals surface area contributed by atoms with E-state index in [0.717, 1.165) is 17.7 Å². The number of nitrogens with one attached hydrogen (secondary N) is 2. The highest BCUT2D eigenvalue weighted by Crippen LogP contribution is 2.31. The van der Waals surface area contributed by atoms with Gasteiger partial charge in [0.2, 0.25) is 5.91 Å². The zero-order valence-electron chi connectivity index (χ0n) is 24.7. The summed E-state index contributed by atoms with van der Waals surface area (Å²) in [5.41, 5.74) is 6.71. The molecule has 0 aliphatic heterocycles. The van der Waals surface area contributed by atoms with E-state index in [1.54, 1.807) is 36.4 Å². The van der Waals surface area contributed by atoms with Crippen LogP contribution in [0, 0.1) is 0 Å². The van der Waals surface area contributed by atoms with Gasteiger partial charge in [0.05, 0.1) is 5.56 Å². The number of amides is 3. The van der Waals surface area contributed by atoms with Gasteiger partial charge < -0.3 is 25.8 Å². The van der Waals surface area contributed by atoms with Gasteiger partial charge in [-0.2, -0.15) is 13.2 Å². The van der Waals surface area contributed by atoms with Gasteiger partial charge in [0.25, 0.3) is 11.8 Å². The van der Waals surface area contributed by atoms with E-state index in [9.17, 15) is 27.6 Å². The standard InChI is InChI=1S/C36H28F3N3O5/c37-36(38,39)27-13-19-31(20-14-27)47-30-17-11-25(12-18-30)34(44)42-32(35(45)41-28-8-4-7-26(21-28)33(40)43)24-9-15-29(16-10-24)46-22-23-5-2-1-3-6-23/h1-21,32H,22H2,(H2,40,43)(H,41,45)(H,42,44)/t32-/m0/s1. The predicted molar refractivity (Wildman–Crippen MR) is 169 cm³/mol. The molecule has 0 saturated carbocycles. The summed E-state index contributed by atoms with van der Waals surface area (Å²) in [7, 11) is 0. The SMILES string of the molecule is NC(=O)c1cccc(NC(=O)[C@@H](NC(=O)c2ccc(Oc3ccc(C(F)(F)F)cc3)cc2)c2ccc(OCc3ccccc3)cc2)c1. The molecule has 3 amide bonds. The fraction of sp³-hybridized carbons (Fsp3) is 0.0833. The highest BCUT2D eigenvalue weighted by molar-refractivity contribution is 6.02. The van der Waals surface area contributed by atoms with Crippen LogP contribution in [-0.4, -0.2) is 17.7 Å². The second-order valence-corrected chi connectivity index (χ2v) is 10.3. The summed E-state index contributed by atoms with van der Waals surface area (Å²) in [6.45, 7) is 0.343. The molecule has 4 N–H and O–H groups in total. The molecule has 0 heterocycles. The molecule has 0 spiro atoms. The maximum Gasteiger partial charge on any atom is 0.416 e. The van der Waals surface area contributed by atoms with E-state index in [2.05, 4.69) is 10.6 Å². The van der Waals surface area contributed by atoms with Crippen LogP contribution in [0.5, 0.6) is 17.2 Å². The Balaban J connectivity index is 1.31. The minimum absolute atomic E-state index is 0.184. The number of rotatable bonds is 11. The quantitative estimate of drug-likeness (QED) is 0.140. The Hall–Kier alpha value is -6.10. The lowest BCUT2D eigenvalue weighted by molar-refractivity contribution is -0.137. The molecule has 0 aliphatic rings. The molecular formula is C36H28F3N3O5. The van der Waals surface area contributed by atoms with Crippen molar-refractivity contribution in [1.29, 1.82) is 0 Å². The Morgan fingerprint density at radius 1 is 0.702 bits per heavy atom. The number of halogens is 3. The Morgan fingerprint density at radius 2 is 1.32 bits per heavy atom. The molecule has 0 saturated heterocycles. The molecule has 0 aromatic heterocycles. The van der Waals surface area contributed by atoms with Crippen LogP contribution < -0.4 is 25.8 Å². The molecule has 5 aromatic rings. The number of anilines is 1. The Labute approximate surface area is 267 Å². The first-order valence-electron chi connectivity index (χ1n) is 14.3. The van der Waals surface area contributed by atoms with Crippen molar-refractivity contribution < 1.29 is 37.0 Å². The van der Waals surface area contributed by atoms with Crippen LogP contribution in [-0.2, 0) is 17.6 Å². The molecule has 0 radical (unpaired) electrons. The van der Waals surface area contributed by atoms with Crippen molar-refractivity contribution in [3.05, 3.63) is 155 Å². The van der Waals surface area contributed by atoms with Crippen molar-refractivity contribution >= 4 is 23.4 Å². The van der Waals surface area contributed by atoms with Gasteiger partial charge in [0, 0.05) is 16.8 Å². The highest BCUT2D eigenvalue weighted by Gasteiger charge is 2.30. The molecule has 0 fully saturated rings. The van der Waals surface area contributed by atoms with Gasteiger partial charge in [-0.1, -0.05) is 48.5 Å². The van der Waals surface area contributed by atoms with Gasteiger partial charge in [0.1, 0.15) is 29.9 Å². The third-order valence-corrected chi connectivity index (χ3v) is 6.95. The van der Waals surface area contributed by atoms with E-state index in [4.69, 9.17) is 15.2 Å². The first kappa shape index (κ1) is 32.3. The number of primary amides is 1. The molecule has 11 heteroatoms. The minimum atomic E-state index is -4.46. The third kappa shape index (κ3) is 8.76. The van der Waals surface area contributed by atoms with Crippen LogP contribution in [0.25, 0.3) is 0 Å². The monoisotopic (exact) mass is 639 g/mol. The predicted octanol–water partition coefficient (Wildman–Crippen LogP) is 7.29. The fourth-order valence-corrected chi connectivity index (χ4v) is 4.50. The fourth-order valence-electron chi connectivity index (χ4n) is 4.50. The molecule has 8 nitrogen and oxygen atoms in total. The summed E-state index contributed by atoms with van der Waals surface area (Å²) >= 11 is 0. The lowest BCUT2D eigenvalue weighted by Gasteiger charge is -2.20. The van der Waals surface area contributed by atoms with Crippen LogP contribution >= 0.6 is 0 Å². The van der Waals surface area contributed by atoms with Crippen LogP contribution in [0.1, 0.15) is 43.4 Å². The second kappa shape index (κ2) is 14.3. The topological polar surface area (TPSA) is 120 Å². The zero-order chi connectivity index (χ0) is 33.4. The first-order chi connectivity index (χ1) is 22.5. The Bertz CT molecular complexity index is 1850. The number of nitrogens with two attached hydrogens (primary N) is 1. The summed E-state index contributed by atoms with van der Waals surface area (Å²) in [6.07, 6.45) is -4.46. The third-order valence-electron chi connectivity index (χ3n) is 6.95. The van der Waals surface area contributed by atoms with Crippen LogP contribution in [0.15, 0.2) is 127 Å². The number of hydrogen-bond acceptors (Lipinski definition) is 5. The number of carbonyl (C=O) groups is 3. The van der Waals surface area contributed by atoms with Gasteiger partial charge in [-0.25, -0.2) is 0 Å². The van der Waals surface area contributed by atoms with Crippen LogP contribution in [0.2, 0.25) is 0 Å². The normalized spacial score (nSPS) is 11.6. The molecule has 0 unspecified atom stereocenters. The maximum absolute atomic E-state index is 13.5. The van der Waals surface area contributed by atoms with Gasteiger partial charge >= 0.3 is 6.18 Å². The second-order valence-electron chi connectivity index (χ2n) is 10.3. The number of alkyl halides is 3. The van der Waals surface area contributed by atoms with Gasteiger partial charge in [0.15, 0.2) is 0 Å². The van der Waals surface area contributed by atoms with Crippen LogP contribution in [0.3, 0.4) is 0 Å². The van der Waals surface area contributed by atoms with Crippen molar-refractivity contribution in [1.82, 2.24) is 5.32 Å². The average Bonchev–Trinajstić information content (AvgIpc) is 3.07. The van der Waals surface area contributed by atoms with Crippen molar-refractivity contribution in [2.24, 2.45) is 5.73 Å². The van der Waals surface area contributed by atoms with Crippen LogP contribution in [0.4, 0.5) is 18.9 Å². The van der Waals surface area contributed by atoms with E-state index >= 15 is 0 Å². The summed E-state index contributed by atoms with van der Waals surface area (Å²) in [6, 6.07) is 31.3. The lowest BCUT2D eigenvalue weighted by atomic mass is 10.0. The van der Waals surface area contributed by atoms with E-state index in [1.807, 2.05) is 30.3 Å². The van der Waals surface area contributed by atoms with Crippen molar-refractivity contribution in [2.45, 2.75) is 18.8 Å². The summed E-state index contributed by atoms with van der Waals surface area (Å²) < 4.78 is 50.0. The largest absolute Gasteiger partial charge is 0.489 e. The van der Waals surface area contributed by atoms with Gasteiger partial charge in [-0.15, -0.1) is 0 Å². The summed E-state index contributed by atoms with van der Waals surface area (Å²) in [4.78, 5) is 38.5. The first-order valence-corrected chi connectivity index (χ1v) is 14.3. The maximum atomic E-state index is 13.5. The van der Waals surface area contributed by atoms with Crippen molar-refractivity contribution in [3.63, 3.8) is 0 Å². The Kier molecular flexibility index (Phi) is 9.85. The summed E-state index contributed by atoms with van der Waals surface area (Å²) in [5, 5.41) is 5.46. The van der Waals surface area contributed by atoms with Crippen molar-refractivity contribution in [2.75, 3.05) is 5.32 Å². The molecule has 47 heavy (non-hydrogen) atoms. The van der Waals surface area contributed by atoms with E-state index in [-0.39, 0.29) is 22.6 Å². The van der Waals surface area contributed by atoms with E-state index in [1.165, 1.54) is 48.5 Å². The molecule has 5 rings (SSSR count). The van der Waals surface area contributed by atoms with Crippen molar-refractivity contribution in [3.8, 4) is 17.2 Å². The molecular weight excluding hydrogens is 611 g/mol. The van der Waals surface area contributed by atoms with E-state index in [0.29, 0.717) is 23.6 Å². The highest BCUT2D eigenvalue weighted by atomic mass is 19.4. The molecule has 1 atom stereocenters. The Morgan fingerprint density at radius 3 is 1.94 bits per heavy atom. The average molecular weight is 640 g/mol. The minimum Gasteiger partial charge on any atom is -0.489 e. The smallest absolute Gasteiger partial charge is 0.416 e.